The van der Waals surface area contributed by atoms with Crippen LogP contribution in [0.25, 0.3) is 0 Å². The number of sulfone groups is 1. The van der Waals surface area contributed by atoms with Gasteiger partial charge in [-0.25, -0.2) is 8.42 Å². The summed E-state index contributed by atoms with van der Waals surface area (Å²) in [5, 5.41) is 0. The average molecular weight is 345 g/mol. The van der Waals surface area contributed by atoms with Gasteiger partial charge in [0, 0.05) is 11.1 Å². The van der Waals surface area contributed by atoms with Gasteiger partial charge >= 0.3 is 0 Å². The first-order valence-corrected chi connectivity index (χ1v) is 8.70. The zero-order valence-corrected chi connectivity index (χ0v) is 13.6. The number of para-hydroxylation sites is 1. The number of rotatable bonds is 1. The van der Waals surface area contributed by atoms with E-state index in [1.807, 2.05) is 13.0 Å². The third kappa shape index (κ3) is 2.83. The molecule has 7 nitrogen and oxygen atoms in total. The van der Waals surface area contributed by atoms with E-state index in [4.69, 9.17) is 16.2 Å². The monoisotopic (exact) mass is 345 g/mol. The van der Waals surface area contributed by atoms with Gasteiger partial charge in [0.25, 0.3) is 5.91 Å². The molecule has 1 aliphatic rings. The van der Waals surface area contributed by atoms with Gasteiger partial charge in [0.2, 0.25) is 0 Å². The number of aryl methyl sites for hydroxylation is 1. The lowest BCUT2D eigenvalue weighted by molar-refractivity contribution is 0.100. The maximum atomic E-state index is 12.7. The van der Waals surface area contributed by atoms with Crippen LogP contribution >= 0.6 is 0 Å². The van der Waals surface area contributed by atoms with Crippen LogP contribution in [0.4, 0.5) is 0 Å². The number of ether oxygens (including phenoxy) is 1. The van der Waals surface area contributed by atoms with Crippen molar-refractivity contribution in [3.63, 3.8) is 0 Å². The van der Waals surface area contributed by atoms with Crippen molar-refractivity contribution >= 4 is 21.7 Å². The molecule has 4 N–H and O–H groups in total. The minimum absolute atomic E-state index is 0.0604. The molecule has 1 aliphatic heterocycles. The molecule has 3 rings (SSSR count). The predicted octanol–water partition coefficient (Wildman–Crippen LogP) is 1.49. The standard InChI is InChI=1S/C16H15N3O4S/c1-9-3-2-4-11-8-24(21,22)13-7-10(15(20)19-16(17)18)5-6-12(13)23-14(9)11/h2-7H,8H2,1H3,(H4,17,18,19,20). The molecule has 1 amide bonds. The summed E-state index contributed by atoms with van der Waals surface area (Å²) in [5.41, 5.74) is 11.8. The second-order valence-electron chi connectivity index (χ2n) is 5.43. The fraction of sp³-hybridized carbons (Fsp3) is 0.125. The van der Waals surface area contributed by atoms with Crippen LogP contribution in [0.2, 0.25) is 0 Å². The van der Waals surface area contributed by atoms with Crippen LogP contribution in [-0.4, -0.2) is 20.3 Å². The topological polar surface area (TPSA) is 125 Å². The molecule has 0 spiro atoms. The van der Waals surface area contributed by atoms with Gasteiger partial charge in [0.15, 0.2) is 15.8 Å². The largest absolute Gasteiger partial charge is 0.455 e. The van der Waals surface area contributed by atoms with Gasteiger partial charge in [0.1, 0.15) is 16.4 Å². The summed E-state index contributed by atoms with van der Waals surface area (Å²) in [6.07, 6.45) is 0. The van der Waals surface area contributed by atoms with E-state index >= 15 is 0 Å². The lowest BCUT2D eigenvalue weighted by Gasteiger charge is -2.10. The molecule has 0 saturated carbocycles. The summed E-state index contributed by atoms with van der Waals surface area (Å²) < 4.78 is 31.2. The Morgan fingerprint density at radius 2 is 1.96 bits per heavy atom. The number of carbonyl (C=O) groups is 1. The Hall–Kier alpha value is -2.87. The molecule has 124 valence electrons. The summed E-state index contributed by atoms with van der Waals surface area (Å²) in [6.45, 7) is 1.84. The van der Waals surface area contributed by atoms with E-state index in [0.29, 0.717) is 11.3 Å². The fourth-order valence-corrected chi connectivity index (χ4v) is 4.03. The highest BCUT2D eigenvalue weighted by atomic mass is 32.2. The first-order valence-electron chi connectivity index (χ1n) is 7.05. The van der Waals surface area contributed by atoms with Gasteiger partial charge in [-0.1, -0.05) is 18.2 Å². The predicted molar refractivity (Wildman–Crippen MR) is 88.7 cm³/mol. The number of hydrogen-bond acceptors (Lipinski definition) is 4. The maximum Gasteiger partial charge on any atom is 0.280 e. The number of hydrogen-bond donors (Lipinski definition) is 2. The van der Waals surface area contributed by atoms with E-state index in [-0.39, 0.29) is 22.0 Å². The van der Waals surface area contributed by atoms with Gasteiger partial charge in [-0.15, -0.1) is 0 Å². The van der Waals surface area contributed by atoms with Crippen LogP contribution in [0.15, 0.2) is 46.3 Å². The lowest BCUT2D eigenvalue weighted by atomic mass is 10.1. The average Bonchev–Trinajstić information content (AvgIpc) is 2.60. The van der Waals surface area contributed by atoms with Gasteiger partial charge in [-0.2, -0.15) is 4.99 Å². The molecular formula is C16H15N3O4S. The minimum atomic E-state index is -3.68. The molecule has 8 heteroatoms. The van der Waals surface area contributed by atoms with E-state index in [1.54, 1.807) is 12.1 Å². The molecule has 0 bridgehead atoms. The molecule has 0 radical (unpaired) electrons. The first kappa shape index (κ1) is 16.0. The molecule has 2 aromatic carbocycles. The van der Waals surface area contributed by atoms with Crippen molar-refractivity contribution in [1.29, 1.82) is 0 Å². The molecule has 2 aromatic rings. The highest BCUT2D eigenvalue weighted by Gasteiger charge is 2.28. The molecule has 1 heterocycles. The molecule has 0 unspecified atom stereocenters. The highest BCUT2D eigenvalue weighted by Crippen LogP contribution is 2.39. The van der Waals surface area contributed by atoms with Gasteiger partial charge in [-0.3, -0.25) is 4.79 Å². The van der Waals surface area contributed by atoms with E-state index in [2.05, 4.69) is 4.99 Å². The van der Waals surface area contributed by atoms with Crippen molar-refractivity contribution in [3.8, 4) is 11.5 Å². The van der Waals surface area contributed by atoms with Crippen LogP contribution in [0.1, 0.15) is 21.5 Å². The Morgan fingerprint density at radius 3 is 2.67 bits per heavy atom. The summed E-state index contributed by atoms with van der Waals surface area (Å²) in [6, 6.07) is 9.41. The zero-order valence-electron chi connectivity index (χ0n) is 12.8. The second-order valence-corrected chi connectivity index (χ2v) is 7.39. The summed E-state index contributed by atoms with van der Waals surface area (Å²) in [7, 11) is -3.68. The van der Waals surface area contributed by atoms with Crippen LogP contribution < -0.4 is 16.2 Å². The maximum absolute atomic E-state index is 12.7. The molecule has 0 saturated heterocycles. The van der Waals surface area contributed by atoms with E-state index < -0.39 is 21.7 Å². The number of nitrogens with two attached hydrogens (primary N) is 2. The Balaban J connectivity index is 2.16. The summed E-state index contributed by atoms with van der Waals surface area (Å²) in [4.78, 5) is 15.3. The van der Waals surface area contributed by atoms with Crippen LogP contribution in [0.5, 0.6) is 11.5 Å². The van der Waals surface area contributed by atoms with Crippen LogP contribution in [0, 0.1) is 6.92 Å². The molecule has 0 atom stereocenters. The van der Waals surface area contributed by atoms with Crippen LogP contribution in [0.3, 0.4) is 0 Å². The Bertz CT molecular complexity index is 977. The Labute approximate surface area is 138 Å². The first-order chi connectivity index (χ1) is 11.3. The molecule has 24 heavy (non-hydrogen) atoms. The zero-order chi connectivity index (χ0) is 17.5. The number of guanidine groups is 1. The number of amides is 1. The Morgan fingerprint density at radius 1 is 1.21 bits per heavy atom. The van der Waals surface area contributed by atoms with Crippen molar-refractivity contribution in [2.24, 2.45) is 16.5 Å². The van der Waals surface area contributed by atoms with Crippen LogP contribution in [-0.2, 0) is 15.6 Å². The second kappa shape index (κ2) is 5.64. The molecule has 0 aliphatic carbocycles. The van der Waals surface area contributed by atoms with Crippen molar-refractivity contribution in [2.75, 3.05) is 0 Å². The van der Waals surface area contributed by atoms with Gasteiger partial charge in [0.05, 0.1) is 5.75 Å². The minimum Gasteiger partial charge on any atom is -0.455 e. The molecule has 0 aromatic heterocycles. The lowest BCUT2D eigenvalue weighted by Crippen LogP contribution is -2.24. The normalized spacial score (nSPS) is 14.5. The summed E-state index contributed by atoms with van der Waals surface area (Å²) >= 11 is 0. The van der Waals surface area contributed by atoms with Gasteiger partial charge < -0.3 is 16.2 Å². The number of nitrogens with zero attached hydrogens (tertiary/aromatic N) is 1. The molecule has 0 fully saturated rings. The molecular weight excluding hydrogens is 330 g/mol. The van der Waals surface area contributed by atoms with Crippen molar-refractivity contribution in [3.05, 3.63) is 53.1 Å². The fourth-order valence-electron chi connectivity index (χ4n) is 2.52. The van der Waals surface area contributed by atoms with E-state index in [9.17, 15) is 13.2 Å². The SMILES string of the molecule is Cc1cccc2c1Oc1ccc(C(=O)N=C(N)N)cc1S(=O)(=O)C2. The summed E-state index contributed by atoms with van der Waals surface area (Å²) in [5.74, 6) is -0.632. The van der Waals surface area contributed by atoms with Crippen molar-refractivity contribution in [2.45, 2.75) is 17.6 Å². The Kier molecular flexibility index (Phi) is 3.76. The van der Waals surface area contributed by atoms with E-state index in [0.717, 1.165) is 5.56 Å². The van der Waals surface area contributed by atoms with Crippen molar-refractivity contribution < 1.29 is 17.9 Å². The number of carbonyl (C=O) groups excluding carboxylic acids is 1. The highest BCUT2D eigenvalue weighted by molar-refractivity contribution is 7.90. The van der Waals surface area contributed by atoms with Gasteiger partial charge in [-0.05, 0) is 30.7 Å². The quantitative estimate of drug-likeness (QED) is 0.596. The van der Waals surface area contributed by atoms with Crippen molar-refractivity contribution in [1.82, 2.24) is 0 Å². The number of benzene rings is 2. The van der Waals surface area contributed by atoms with E-state index in [1.165, 1.54) is 18.2 Å². The smallest absolute Gasteiger partial charge is 0.280 e. The number of aliphatic imine (C=N–C) groups is 1. The third-order valence-electron chi connectivity index (χ3n) is 3.61. The number of fused-ring (bicyclic) bond motifs is 2. The third-order valence-corrected chi connectivity index (χ3v) is 5.29.